The van der Waals surface area contributed by atoms with Gasteiger partial charge in [0.1, 0.15) is 0 Å². The SMILES string of the molecule is CCCNC1COCC1C(=O)NCC(C)(CC)C(=O)O. The number of aliphatic carboxylic acids is 1. The van der Waals surface area contributed by atoms with Crippen molar-refractivity contribution < 1.29 is 19.4 Å². The van der Waals surface area contributed by atoms with E-state index in [0.717, 1.165) is 13.0 Å². The summed E-state index contributed by atoms with van der Waals surface area (Å²) in [6.45, 7) is 7.44. The Balaban J connectivity index is 2.51. The highest BCUT2D eigenvalue weighted by Gasteiger charge is 2.36. The molecular formula is C14H26N2O4. The van der Waals surface area contributed by atoms with Gasteiger partial charge in [0.2, 0.25) is 5.91 Å². The Bertz CT molecular complexity index is 348. The first kappa shape index (κ1) is 16.9. The molecule has 0 radical (unpaired) electrons. The molecule has 0 aliphatic carbocycles. The van der Waals surface area contributed by atoms with Gasteiger partial charge in [0.05, 0.1) is 24.5 Å². The van der Waals surface area contributed by atoms with Crippen LogP contribution in [0.15, 0.2) is 0 Å². The molecule has 20 heavy (non-hydrogen) atoms. The minimum Gasteiger partial charge on any atom is -0.481 e. The fraction of sp³-hybridized carbons (Fsp3) is 0.857. The van der Waals surface area contributed by atoms with Crippen LogP contribution in [0, 0.1) is 11.3 Å². The summed E-state index contributed by atoms with van der Waals surface area (Å²) in [5.74, 6) is -1.25. The second kappa shape index (κ2) is 7.59. The summed E-state index contributed by atoms with van der Waals surface area (Å²) in [5, 5.41) is 15.2. The van der Waals surface area contributed by atoms with Gasteiger partial charge in [-0.25, -0.2) is 0 Å². The van der Waals surface area contributed by atoms with Gasteiger partial charge in [-0.05, 0) is 26.3 Å². The number of ether oxygens (including phenoxy) is 1. The van der Waals surface area contributed by atoms with E-state index in [4.69, 9.17) is 4.74 Å². The Morgan fingerprint density at radius 2 is 2.05 bits per heavy atom. The fourth-order valence-electron chi connectivity index (χ4n) is 2.11. The number of carbonyl (C=O) groups excluding carboxylic acids is 1. The second-order valence-electron chi connectivity index (χ2n) is 5.64. The van der Waals surface area contributed by atoms with Gasteiger partial charge in [0.25, 0.3) is 0 Å². The second-order valence-corrected chi connectivity index (χ2v) is 5.64. The molecule has 0 aromatic rings. The first-order chi connectivity index (χ1) is 9.44. The van der Waals surface area contributed by atoms with E-state index in [0.29, 0.717) is 19.6 Å². The standard InChI is InChI=1S/C14H26N2O4/c1-4-6-15-11-8-20-7-10(11)12(17)16-9-14(3,5-2)13(18)19/h10-11,15H,4-9H2,1-3H3,(H,16,17)(H,18,19). The van der Waals surface area contributed by atoms with Gasteiger partial charge in [-0.1, -0.05) is 13.8 Å². The fourth-order valence-corrected chi connectivity index (χ4v) is 2.11. The average Bonchev–Trinajstić information content (AvgIpc) is 2.90. The third-order valence-electron chi connectivity index (χ3n) is 4.02. The van der Waals surface area contributed by atoms with E-state index >= 15 is 0 Å². The monoisotopic (exact) mass is 286 g/mol. The number of carbonyl (C=O) groups is 2. The van der Waals surface area contributed by atoms with E-state index in [2.05, 4.69) is 17.6 Å². The summed E-state index contributed by atoms with van der Waals surface area (Å²) in [4.78, 5) is 23.4. The third kappa shape index (κ3) is 4.18. The van der Waals surface area contributed by atoms with Crippen LogP contribution in [0.2, 0.25) is 0 Å². The Morgan fingerprint density at radius 1 is 1.35 bits per heavy atom. The molecule has 3 atom stereocenters. The van der Waals surface area contributed by atoms with Crippen LogP contribution in [-0.4, -0.2) is 49.3 Å². The van der Waals surface area contributed by atoms with Crippen LogP contribution in [0.4, 0.5) is 0 Å². The van der Waals surface area contributed by atoms with Crippen molar-refractivity contribution in [2.45, 2.75) is 39.7 Å². The smallest absolute Gasteiger partial charge is 0.311 e. The highest BCUT2D eigenvalue weighted by molar-refractivity contribution is 5.81. The summed E-state index contributed by atoms with van der Waals surface area (Å²) in [6, 6.07) is 0.0210. The van der Waals surface area contributed by atoms with Gasteiger partial charge in [-0.15, -0.1) is 0 Å². The highest BCUT2D eigenvalue weighted by Crippen LogP contribution is 2.21. The quantitative estimate of drug-likeness (QED) is 0.609. The zero-order chi connectivity index (χ0) is 15.2. The van der Waals surface area contributed by atoms with Crippen molar-refractivity contribution in [3.05, 3.63) is 0 Å². The summed E-state index contributed by atoms with van der Waals surface area (Å²) >= 11 is 0. The molecule has 1 fully saturated rings. The first-order valence-electron chi connectivity index (χ1n) is 7.26. The molecule has 1 rings (SSSR count). The topological polar surface area (TPSA) is 87.7 Å². The Kier molecular flexibility index (Phi) is 6.42. The molecule has 1 aliphatic rings. The van der Waals surface area contributed by atoms with E-state index < -0.39 is 11.4 Å². The first-order valence-corrected chi connectivity index (χ1v) is 7.26. The molecule has 1 amide bonds. The predicted molar refractivity (Wildman–Crippen MR) is 75.4 cm³/mol. The minimum atomic E-state index is -0.915. The third-order valence-corrected chi connectivity index (χ3v) is 4.02. The molecular weight excluding hydrogens is 260 g/mol. The highest BCUT2D eigenvalue weighted by atomic mass is 16.5. The number of rotatable bonds is 8. The largest absolute Gasteiger partial charge is 0.481 e. The summed E-state index contributed by atoms with van der Waals surface area (Å²) in [6.07, 6.45) is 1.47. The van der Waals surface area contributed by atoms with Crippen molar-refractivity contribution >= 4 is 11.9 Å². The normalized spacial score (nSPS) is 25.1. The minimum absolute atomic E-state index is 0.0210. The molecule has 1 aliphatic heterocycles. The van der Waals surface area contributed by atoms with E-state index in [1.54, 1.807) is 6.92 Å². The number of amides is 1. The molecule has 116 valence electrons. The van der Waals surface area contributed by atoms with Crippen LogP contribution in [0.25, 0.3) is 0 Å². The van der Waals surface area contributed by atoms with Crippen LogP contribution in [-0.2, 0) is 14.3 Å². The van der Waals surface area contributed by atoms with Crippen LogP contribution in [0.1, 0.15) is 33.6 Å². The van der Waals surface area contributed by atoms with E-state index in [9.17, 15) is 14.7 Å². The molecule has 0 saturated carbocycles. The van der Waals surface area contributed by atoms with Gasteiger partial charge in [0, 0.05) is 12.6 Å². The zero-order valence-corrected chi connectivity index (χ0v) is 12.6. The lowest BCUT2D eigenvalue weighted by Gasteiger charge is -2.25. The molecule has 0 aromatic carbocycles. The lowest BCUT2D eigenvalue weighted by atomic mass is 9.87. The van der Waals surface area contributed by atoms with E-state index in [-0.39, 0.29) is 24.4 Å². The molecule has 0 spiro atoms. The van der Waals surface area contributed by atoms with Crippen molar-refractivity contribution in [1.82, 2.24) is 10.6 Å². The maximum absolute atomic E-state index is 12.2. The van der Waals surface area contributed by atoms with Crippen LogP contribution in [0.5, 0.6) is 0 Å². The number of hydrogen-bond donors (Lipinski definition) is 3. The van der Waals surface area contributed by atoms with Gasteiger partial charge in [-0.2, -0.15) is 0 Å². The Morgan fingerprint density at radius 3 is 2.60 bits per heavy atom. The van der Waals surface area contributed by atoms with Crippen molar-refractivity contribution in [3.63, 3.8) is 0 Å². The number of nitrogens with one attached hydrogen (secondary N) is 2. The summed E-state index contributed by atoms with van der Waals surface area (Å²) < 4.78 is 5.35. The Hall–Kier alpha value is -1.14. The average molecular weight is 286 g/mol. The molecule has 1 heterocycles. The molecule has 1 saturated heterocycles. The lowest BCUT2D eigenvalue weighted by Crippen LogP contribution is -2.47. The molecule has 6 heteroatoms. The number of hydrogen-bond acceptors (Lipinski definition) is 4. The molecule has 0 bridgehead atoms. The van der Waals surface area contributed by atoms with E-state index in [1.807, 2.05) is 6.92 Å². The number of carboxylic acids is 1. The number of carboxylic acid groups (broad SMARTS) is 1. The van der Waals surface area contributed by atoms with Crippen LogP contribution in [0.3, 0.4) is 0 Å². The molecule has 6 nitrogen and oxygen atoms in total. The van der Waals surface area contributed by atoms with Crippen LogP contribution < -0.4 is 10.6 Å². The summed E-state index contributed by atoms with van der Waals surface area (Å²) in [7, 11) is 0. The zero-order valence-electron chi connectivity index (χ0n) is 12.6. The van der Waals surface area contributed by atoms with Crippen molar-refractivity contribution in [3.8, 4) is 0 Å². The maximum Gasteiger partial charge on any atom is 0.311 e. The molecule has 3 N–H and O–H groups in total. The summed E-state index contributed by atoms with van der Waals surface area (Å²) in [5.41, 5.74) is -0.915. The van der Waals surface area contributed by atoms with Crippen LogP contribution >= 0.6 is 0 Å². The van der Waals surface area contributed by atoms with Crippen molar-refractivity contribution in [2.75, 3.05) is 26.3 Å². The van der Waals surface area contributed by atoms with Crippen molar-refractivity contribution in [2.24, 2.45) is 11.3 Å². The molecule has 3 unspecified atom stereocenters. The van der Waals surface area contributed by atoms with Crippen molar-refractivity contribution in [1.29, 1.82) is 0 Å². The van der Waals surface area contributed by atoms with Gasteiger partial charge in [-0.3, -0.25) is 9.59 Å². The Labute approximate surface area is 120 Å². The van der Waals surface area contributed by atoms with Gasteiger partial charge < -0.3 is 20.5 Å². The maximum atomic E-state index is 12.2. The van der Waals surface area contributed by atoms with Gasteiger partial charge >= 0.3 is 5.97 Å². The lowest BCUT2D eigenvalue weighted by molar-refractivity contribution is -0.148. The van der Waals surface area contributed by atoms with E-state index in [1.165, 1.54) is 0 Å². The van der Waals surface area contributed by atoms with Gasteiger partial charge in [0.15, 0.2) is 0 Å². The molecule has 0 aromatic heterocycles. The predicted octanol–water partition coefficient (Wildman–Crippen LogP) is 0.618.